The summed E-state index contributed by atoms with van der Waals surface area (Å²) in [7, 11) is 0. The van der Waals surface area contributed by atoms with Crippen LogP contribution >= 0.6 is 11.8 Å². The number of amides is 3. The molecule has 226 valence electrons. The van der Waals surface area contributed by atoms with Gasteiger partial charge in [-0.15, -0.1) is 18.3 Å². The minimum absolute atomic E-state index is 0.136. The number of anilines is 1. The van der Waals surface area contributed by atoms with E-state index in [1.807, 2.05) is 62.4 Å². The zero-order chi connectivity index (χ0) is 31.4. The monoisotopic (exact) mass is 620 g/mol. The molecule has 0 saturated carbocycles. The standard InChI is InChI=1S/C31H27F3N6O3S/c1-19(2)25-6-4-5-7-26(25)40-27(41)17-44-30(40)37-29(42)36-20(3)16-21-8-10-22(11-9-21)28-35-18-39(38-28)23-12-14-24(15-13-23)43-31(32,33)34/h4-15,18-19H,16-17H2,1-3H3. The Morgan fingerprint density at radius 2 is 1.75 bits per heavy atom. The number of thioether (sulfide) groups is 1. The molecule has 0 bridgehead atoms. The fourth-order valence-corrected chi connectivity index (χ4v) is 5.41. The Morgan fingerprint density at radius 1 is 1.05 bits per heavy atom. The summed E-state index contributed by atoms with van der Waals surface area (Å²) in [5, 5.41) is 4.72. The van der Waals surface area contributed by atoms with Gasteiger partial charge < -0.3 is 4.74 Å². The van der Waals surface area contributed by atoms with E-state index in [1.54, 1.807) is 6.92 Å². The lowest BCUT2D eigenvalue weighted by molar-refractivity contribution is -0.274. The first-order chi connectivity index (χ1) is 21.0. The maximum Gasteiger partial charge on any atom is 0.573 e. The summed E-state index contributed by atoms with van der Waals surface area (Å²) in [6, 6.07) is 19.6. The molecule has 1 saturated heterocycles. The maximum atomic E-state index is 12.7. The highest BCUT2D eigenvalue weighted by molar-refractivity contribution is 8.15. The van der Waals surface area contributed by atoms with Gasteiger partial charge in [-0.2, -0.15) is 4.99 Å². The highest BCUT2D eigenvalue weighted by Gasteiger charge is 2.32. The smallest absolute Gasteiger partial charge is 0.406 e. The van der Waals surface area contributed by atoms with Crippen LogP contribution in [0.25, 0.3) is 17.1 Å². The van der Waals surface area contributed by atoms with E-state index in [4.69, 9.17) is 0 Å². The van der Waals surface area contributed by atoms with E-state index in [9.17, 15) is 22.8 Å². The summed E-state index contributed by atoms with van der Waals surface area (Å²) >= 11 is 1.21. The van der Waals surface area contributed by atoms with Crippen LogP contribution in [-0.2, 0) is 11.2 Å². The van der Waals surface area contributed by atoms with Gasteiger partial charge in [-0.3, -0.25) is 9.69 Å². The number of benzene rings is 3. The Hall–Kier alpha value is -4.78. The minimum atomic E-state index is -4.76. The summed E-state index contributed by atoms with van der Waals surface area (Å²) < 4.78 is 42.6. The molecule has 0 spiro atoms. The number of aliphatic imine (C=N–C) groups is 2. The summed E-state index contributed by atoms with van der Waals surface area (Å²) in [5.41, 5.74) is 4.40. The van der Waals surface area contributed by atoms with Gasteiger partial charge in [0.2, 0.25) is 5.91 Å². The van der Waals surface area contributed by atoms with Crippen molar-refractivity contribution in [3.05, 3.63) is 90.3 Å². The lowest BCUT2D eigenvalue weighted by Crippen LogP contribution is -2.30. The Morgan fingerprint density at radius 3 is 2.43 bits per heavy atom. The number of halogens is 3. The van der Waals surface area contributed by atoms with Crippen LogP contribution in [0, 0.1) is 0 Å². The number of hydrogen-bond acceptors (Lipinski definition) is 6. The molecule has 1 aromatic heterocycles. The molecule has 3 amide bonds. The van der Waals surface area contributed by atoms with Gasteiger partial charge >= 0.3 is 12.4 Å². The Balaban J connectivity index is 1.24. The van der Waals surface area contributed by atoms with Crippen LogP contribution in [0.15, 0.2) is 89.1 Å². The van der Waals surface area contributed by atoms with E-state index >= 15 is 0 Å². The van der Waals surface area contributed by atoms with Gasteiger partial charge in [0.25, 0.3) is 0 Å². The van der Waals surface area contributed by atoms with E-state index < -0.39 is 12.4 Å². The largest absolute Gasteiger partial charge is 0.573 e. The number of carbonyl (C=O) groups is 2. The summed E-state index contributed by atoms with van der Waals surface area (Å²) in [6.07, 6.45) is -2.90. The number of nitrogens with zero attached hydrogens (tertiary/aromatic N) is 6. The molecule has 1 fully saturated rings. The van der Waals surface area contributed by atoms with E-state index in [-0.39, 0.29) is 23.3 Å². The molecule has 3 aromatic carbocycles. The SMILES string of the molecule is CC(Cc1ccc(-c2ncn(-c3ccc(OC(F)(F)F)cc3)n2)cc1)=NC(=O)N=C1SCC(=O)N1c1ccccc1C(C)C. The van der Waals surface area contributed by atoms with Crippen molar-refractivity contribution in [3.63, 3.8) is 0 Å². The highest BCUT2D eigenvalue weighted by atomic mass is 32.2. The number of ether oxygens (including phenoxy) is 1. The fourth-order valence-electron chi connectivity index (χ4n) is 4.56. The molecule has 0 aliphatic carbocycles. The molecule has 9 nitrogen and oxygen atoms in total. The van der Waals surface area contributed by atoms with Crippen molar-refractivity contribution in [2.75, 3.05) is 10.7 Å². The van der Waals surface area contributed by atoms with Crippen molar-refractivity contribution < 1.29 is 27.5 Å². The molecular formula is C31H27F3N6O3S. The molecule has 5 rings (SSSR count). The van der Waals surface area contributed by atoms with Crippen LogP contribution in [0.4, 0.5) is 23.7 Å². The molecule has 0 radical (unpaired) electrons. The van der Waals surface area contributed by atoms with E-state index in [2.05, 4.69) is 24.8 Å². The average molecular weight is 621 g/mol. The maximum absolute atomic E-state index is 12.7. The van der Waals surface area contributed by atoms with Crippen LogP contribution in [0.5, 0.6) is 5.75 Å². The molecule has 13 heteroatoms. The zero-order valence-electron chi connectivity index (χ0n) is 23.9. The van der Waals surface area contributed by atoms with Crippen LogP contribution < -0.4 is 9.64 Å². The molecular weight excluding hydrogens is 593 g/mol. The Bertz CT molecular complexity index is 1730. The molecule has 1 aliphatic rings. The highest BCUT2D eigenvalue weighted by Crippen LogP contribution is 2.33. The Kier molecular flexibility index (Phi) is 8.95. The van der Waals surface area contributed by atoms with E-state index in [0.717, 1.165) is 22.4 Å². The number of aromatic nitrogens is 3. The first-order valence-corrected chi connectivity index (χ1v) is 14.5. The number of rotatable bonds is 7. The predicted molar refractivity (Wildman–Crippen MR) is 164 cm³/mol. The molecule has 0 atom stereocenters. The van der Waals surface area contributed by atoms with E-state index in [1.165, 1.54) is 51.9 Å². The van der Waals surface area contributed by atoms with Gasteiger partial charge in [-0.25, -0.2) is 19.5 Å². The average Bonchev–Trinajstić information content (AvgIpc) is 3.60. The number of alkyl halides is 3. The third-order valence-electron chi connectivity index (χ3n) is 6.54. The minimum Gasteiger partial charge on any atom is -0.406 e. The third-order valence-corrected chi connectivity index (χ3v) is 7.47. The summed E-state index contributed by atoms with van der Waals surface area (Å²) in [5.74, 6) is 0.345. The van der Waals surface area contributed by atoms with Gasteiger partial charge in [0.1, 0.15) is 12.1 Å². The lowest BCUT2D eigenvalue weighted by Gasteiger charge is -2.21. The third kappa shape index (κ3) is 7.40. The van der Waals surface area contributed by atoms with Gasteiger partial charge in [-0.05, 0) is 54.3 Å². The summed E-state index contributed by atoms with van der Waals surface area (Å²) in [4.78, 5) is 39.5. The van der Waals surface area contributed by atoms with Crippen molar-refractivity contribution in [3.8, 4) is 22.8 Å². The number of hydrogen-bond donors (Lipinski definition) is 0. The van der Waals surface area contributed by atoms with E-state index in [0.29, 0.717) is 28.8 Å². The van der Waals surface area contributed by atoms with Crippen molar-refractivity contribution in [2.45, 2.75) is 39.5 Å². The van der Waals surface area contributed by atoms with Crippen LogP contribution in [-0.4, -0.2) is 49.7 Å². The van der Waals surface area contributed by atoms with Crippen LogP contribution in [0.3, 0.4) is 0 Å². The molecule has 0 N–H and O–H groups in total. The molecule has 2 heterocycles. The fraction of sp³-hybridized carbons (Fsp3) is 0.226. The zero-order valence-corrected chi connectivity index (χ0v) is 24.8. The van der Waals surface area contributed by atoms with Gasteiger partial charge in [-0.1, -0.05) is 68.1 Å². The van der Waals surface area contributed by atoms with Crippen molar-refractivity contribution in [1.29, 1.82) is 0 Å². The molecule has 0 unspecified atom stereocenters. The first-order valence-electron chi connectivity index (χ1n) is 13.6. The van der Waals surface area contributed by atoms with Crippen LogP contribution in [0.2, 0.25) is 0 Å². The lowest BCUT2D eigenvalue weighted by atomic mass is 10.0. The van der Waals surface area contributed by atoms with Crippen molar-refractivity contribution >= 4 is 40.3 Å². The second-order valence-corrected chi connectivity index (χ2v) is 11.1. The number of carbonyl (C=O) groups excluding carboxylic acids is 2. The second-order valence-electron chi connectivity index (χ2n) is 10.2. The van der Waals surface area contributed by atoms with Crippen molar-refractivity contribution in [1.82, 2.24) is 14.8 Å². The van der Waals surface area contributed by atoms with Gasteiger partial charge in [0.15, 0.2) is 11.0 Å². The van der Waals surface area contributed by atoms with Crippen molar-refractivity contribution in [2.24, 2.45) is 9.98 Å². The normalized spacial score (nSPS) is 15.0. The van der Waals surface area contributed by atoms with Crippen LogP contribution in [0.1, 0.15) is 37.8 Å². The number of urea groups is 1. The number of para-hydroxylation sites is 1. The number of amidine groups is 1. The molecule has 1 aliphatic heterocycles. The summed E-state index contributed by atoms with van der Waals surface area (Å²) in [6.45, 7) is 5.82. The Labute approximate surface area is 255 Å². The van der Waals surface area contributed by atoms with Gasteiger partial charge in [0, 0.05) is 17.7 Å². The van der Waals surface area contributed by atoms with Gasteiger partial charge in [0.05, 0.1) is 17.1 Å². The quantitative estimate of drug-likeness (QED) is 0.202. The predicted octanol–water partition coefficient (Wildman–Crippen LogP) is 7.22. The molecule has 44 heavy (non-hydrogen) atoms. The first kappa shape index (κ1) is 30.7. The second kappa shape index (κ2) is 12.8. The molecule has 4 aromatic rings. The topological polar surface area (TPSA) is 102 Å².